The van der Waals surface area contributed by atoms with Gasteiger partial charge >= 0.3 is 0 Å². The zero-order valence-corrected chi connectivity index (χ0v) is 9.44. The molecule has 2 atom stereocenters. The van der Waals surface area contributed by atoms with Crippen LogP contribution in [0.25, 0.3) is 0 Å². The fourth-order valence-electron chi connectivity index (χ4n) is 2.04. The number of rotatable bonds is 3. The van der Waals surface area contributed by atoms with Crippen molar-refractivity contribution >= 4 is 0 Å². The van der Waals surface area contributed by atoms with E-state index >= 15 is 0 Å². The molecule has 4 nitrogen and oxygen atoms in total. The average Bonchev–Trinajstić information content (AvgIpc) is 2.78. The predicted molar refractivity (Wildman–Crippen MR) is 58.8 cm³/mol. The topological polar surface area (TPSA) is 39.1 Å². The zero-order chi connectivity index (χ0) is 10.7. The van der Waals surface area contributed by atoms with Crippen LogP contribution in [-0.2, 0) is 4.74 Å². The van der Waals surface area contributed by atoms with Crippen LogP contribution in [-0.4, -0.2) is 30.0 Å². The smallest absolute Gasteiger partial charge is 0.0757 e. The Morgan fingerprint density at radius 1 is 1.67 bits per heavy atom. The van der Waals surface area contributed by atoms with E-state index in [0.29, 0.717) is 12.1 Å². The molecule has 15 heavy (non-hydrogen) atoms. The summed E-state index contributed by atoms with van der Waals surface area (Å²) in [6, 6.07) is 2.84. The van der Waals surface area contributed by atoms with Crippen molar-refractivity contribution in [3.05, 3.63) is 18.0 Å². The number of ether oxygens (including phenoxy) is 1. The molecule has 0 spiro atoms. The van der Waals surface area contributed by atoms with Crippen molar-refractivity contribution in [3.63, 3.8) is 0 Å². The molecule has 1 fully saturated rings. The number of hydrogen-bond donors (Lipinski definition) is 1. The first-order valence-corrected chi connectivity index (χ1v) is 5.61. The Morgan fingerprint density at radius 3 is 3.20 bits per heavy atom. The van der Waals surface area contributed by atoms with Crippen molar-refractivity contribution in [2.45, 2.75) is 31.8 Å². The van der Waals surface area contributed by atoms with Gasteiger partial charge in [-0.05, 0) is 32.9 Å². The molecule has 4 heteroatoms. The predicted octanol–water partition coefficient (Wildman–Crippen LogP) is 1.51. The third kappa shape index (κ3) is 2.21. The molecule has 0 bridgehead atoms. The van der Waals surface area contributed by atoms with E-state index in [2.05, 4.69) is 28.1 Å². The quantitative estimate of drug-likeness (QED) is 0.820. The summed E-state index contributed by atoms with van der Waals surface area (Å²) >= 11 is 0. The Kier molecular flexibility index (Phi) is 3.38. The molecule has 0 aromatic carbocycles. The minimum atomic E-state index is 0.342. The number of aromatic nitrogens is 2. The molecule has 84 valence electrons. The lowest BCUT2D eigenvalue weighted by atomic mass is 10.1. The normalized spacial score (nSPS) is 24.0. The summed E-state index contributed by atoms with van der Waals surface area (Å²) in [5.41, 5.74) is 1.24. The molecule has 1 aromatic heterocycles. The standard InChI is InChI=1S/C11H19N3O/c1-9(12-2)11-5-6-13-14(11)10-4-3-7-15-8-10/h5-6,9-10,12H,3-4,7-8H2,1-2H3. The largest absolute Gasteiger partial charge is 0.379 e. The fraction of sp³-hybridized carbons (Fsp3) is 0.727. The van der Waals surface area contributed by atoms with Gasteiger partial charge in [0.15, 0.2) is 0 Å². The minimum absolute atomic E-state index is 0.342. The first-order chi connectivity index (χ1) is 7.33. The summed E-state index contributed by atoms with van der Waals surface area (Å²) in [5, 5.41) is 7.65. The van der Waals surface area contributed by atoms with Crippen LogP contribution in [0.2, 0.25) is 0 Å². The van der Waals surface area contributed by atoms with Crippen LogP contribution in [0.3, 0.4) is 0 Å². The molecule has 0 aliphatic carbocycles. The molecule has 0 saturated carbocycles. The molecular weight excluding hydrogens is 190 g/mol. The van der Waals surface area contributed by atoms with Crippen LogP contribution in [0.1, 0.15) is 37.5 Å². The van der Waals surface area contributed by atoms with Crippen molar-refractivity contribution in [2.24, 2.45) is 0 Å². The molecule has 2 unspecified atom stereocenters. The molecule has 1 aliphatic heterocycles. The number of nitrogens with one attached hydrogen (secondary N) is 1. The second-order valence-corrected chi connectivity index (χ2v) is 4.08. The summed E-state index contributed by atoms with van der Waals surface area (Å²) < 4.78 is 7.60. The highest BCUT2D eigenvalue weighted by molar-refractivity contribution is 5.07. The van der Waals surface area contributed by atoms with E-state index in [9.17, 15) is 0 Å². The molecule has 1 aromatic rings. The second-order valence-electron chi connectivity index (χ2n) is 4.08. The van der Waals surface area contributed by atoms with E-state index in [1.165, 1.54) is 12.1 Å². The second kappa shape index (κ2) is 4.77. The van der Waals surface area contributed by atoms with Crippen LogP contribution in [0.4, 0.5) is 0 Å². The Balaban J connectivity index is 2.15. The average molecular weight is 209 g/mol. The van der Waals surface area contributed by atoms with Crippen molar-refractivity contribution in [1.29, 1.82) is 0 Å². The Hall–Kier alpha value is -0.870. The number of nitrogens with zero attached hydrogens (tertiary/aromatic N) is 2. The van der Waals surface area contributed by atoms with Crippen LogP contribution in [0.5, 0.6) is 0 Å². The Labute approximate surface area is 90.6 Å². The van der Waals surface area contributed by atoms with Gasteiger partial charge in [0.25, 0.3) is 0 Å². The van der Waals surface area contributed by atoms with Gasteiger partial charge in [0.1, 0.15) is 0 Å². The zero-order valence-electron chi connectivity index (χ0n) is 9.44. The van der Waals surface area contributed by atoms with Gasteiger partial charge in [-0.1, -0.05) is 0 Å². The summed E-state index contributed by atoms with van der Waals surface area (Å²) in [4.78, 5) is 0. The van der Waals surface area contributed by atoms with Crippen molar-refractivity contribution in [1.82, 2.24) is 15.1 Å². The first-order valence-electron chi connectivity index (χ1n) is 5.61. The highest BCUT2D eigenvalue weighted by Gasteiger charge is 2.20. The van der Waals surface area contributed by atoms with E-state index in [1.54, 1.807) is 0 Å². The summed E-state index contributed by atoms with van der Waals surface area (Å²) in [7, 11) is 1.97. The van der Waals surface area contributed by atoms with Crippen LogP contribution < -0.4 is 5.32 Å². The van der Waals surface area contributed by atoms with Gasteiger partial charge in [-0.25, -0.2) is 0 Å². The van der Waals surface area contributed by atoms with Gasteiger partial charge < -0.3 is 10.1 Å². The lowest BCUT2D eigenvalue weighted by Gasteiger charge is -2.25. The monoisotopic (exact) mass is 209 g/mol. The molecule has 0 radical (unpaired) electrons. The van der Waals surface area contributed by atoms with Crippen LogP contribution in [0, 0.1) is 0 Å². The molecule has 1 aliphatic rings. The van der Waals surface area contributed by atoms with Gasteiger partial charge in [0, 0.05) is 18.8 Å². The molecular formula is C11H19N3O. The fourth-order valence-corrected chi connectivity index (χ4v) is 2.04. The molecule has 1 N–H and O–H groups in total. The summed E-state index contributed by atoms with van der Waals surface area (Å²) in [6.45, 7) is 3.84. The molecule has 0 amide bonds. The van der Waals surface area contributed by atoms with Crippen molar-refractivity contribution in [3.8, 4) is 0 Å². The van der Waals surface area contributed by atoms with Gasteiger partial charge in [0.2, 0.25) is 0 Å². The van der Waals surface area contributed by atoms with Gasteiger partial charge in [-0.15, -0.1) is 0 Å². The maximum Gasteiger partial charge on any atom is 0.0757 e. The summed E-state index contributed by atoms with van der Waals surface area (Å²) in [5.74, 6) is 0. The van der Waals surface area contributed by atoms with E-state index in [4.69, 9.17) is 4.74 Å². The molecule has 2 rings (SSSR count). The maximum absolute atomic E-state index is 5.49. The van der Waals surface area contributed by atoms with Crippen LogP contribution in [0.15, 0.2) is 12.3 Å². The van der Waals surface area contributed by atoms with Crippen molar-refractivity contribution < 1.29 is 4.74 Å². The van der Waals surface area contributed by atoms with E-state index < -0.39 is 0 Å². The van der Waals surface area contributed by atoms with Gasteiger partial charge in [0.05, 0.1) is 18.3 Å². The number of hydrogen-bond acceptors (Lipinski definition) is 3. The highest BCUT2D eigenvalue weighted by atomic mass is 16.5. The van der Waals surface area contributed by atoms with E-state index in [-0.39, 0.29) is 0 Å². The summed E-state index contributed by atoms with van der Waals surface area (Å²) in [6.07, 6.45) is 4.18. The third-order valence-electron chi connectivity index (χ3n) is 3.06. The maximum atomic E-state index is 5.49. The third-order valence-corrected chi connectivity index (χ3v) is 3.06. The first kappa shape index (κ1) is 10.6. The minimum Gasteiger partial charge on any atom is -0.379 e. The Morgan fingerprint density at radius 2 is 2.53 bits per heavy atom. The van der Waals surface area contributed by atoms with Crippen LogP contribution >= 0.6 is 0 Å². The van der Waals surface area contributed by atoms with E-state index in [1.807, 2.05) is 13.2 Å². The molecule has 1 saturated heterocycles. The Bertz CT molecular complexity index is 305. The van der Waals surface area contributed by atoms with Gasteiger partial charge in [-0.3, -0.25) is 4.68 Å². The lowest BCUT2D eigenvalue weighted by Crippen LogP contribution is -2.26. The SMILES string of the molecule is CNC(C)c1ccnn1C1CCCOC1. The van der Waals surface area contributed by atoms with Crippen molar-refractivity contribution in [2.75, 3.05) is 20.3 Å². The highest BCUT2D eigenvalue weighted by Crippen LogP contribution is 2.23. The molecule has 2 heterocycles. The van der Waals surface area contributed by atoms with E-state index in [0.717, 1.165) is 19.6 Å². The van der Waals surface area contributed by atoms with Gasteiger partial charge in [-0.2, -0.15) is 5.10 Å². The lowest BCUT2D eigenvalue weighted by molar-refractivity contribution is 0.0534.